The van der Waals surface area contributed by atoms with E-state index >= 15 is 0 Å². The van der Waals surface area contributed by atoms with Crippen molar-refractivity contribution in [3.63, 3.8) is 0 Å². The van der Waals surface area contributed by atoms with E-state index in [1.807, 2.05) is 39.1 Å². The maximum Gasteiger partial charge on any atom is 0.0347 e. The van der Waals surface area contributed by atoms with Crippen LogP contribution in [0.3, 0.4) is 0 Å². The molecule has 0 aliphatic rings. The molecule has 0 aliphatic carbocycles. The average molecular weight is 1210 g/mol. The van der Waals surface area contributed by atoms with Crippen LogP contribution in [0.25, 0.3) is 21.3 Å². The van der Waals surface area contributed by atoms with E-state index in [1.165, 1.54) is 56.1 Å². The molecule has 0 unspecified atom stereocenters. The van der Waals surface area contributed by atoms with E-state index in [2.05, 4.69) is 98.6 Å². The number of halogens is 2. The third-order valence-corrected chi connectivity index (χ3v) is 21.2. The predicted octanol–water partition coefficient (Wildman–Crippen LogP) is 8.05. The van der Waals surface area contributed by atoms with E-state index in [1.54, 1.807) is 35.1 Å². The minimum absolute atomic E-state index is 0.0353. The van der Waals surface area contributed by atoms with E-state index in [0.717, 1.165) is 15.7 Å². The van der Waals surface area contributed by atoms with Gasteiger partial charge >= 0.3 is 156 Å². The van der Waals surface area contributed by atoms with Gasteiger partial charge in [0.05, 0.1) is 18.5 Å². The summed E-state index contributed by atoms with van der Waals surface area (Å²) in [6.45, 7) is 9.30. The van der Waals surface area contributed by atoms with Crippen LogP contribution in [0.4, 0.5) is 0 Å². The number of aryl methyl sites for hydroxylation is 1. The molecule has 0 aromatic carbocycles. The Hall–Kier alpha value is -3.59. The number of carbonyl (C=O) groups is 5. The second kappa shape index (κ2) is 22.0. The fraction of sp³-hybridized carbons (Fsp3) is 0.390. The summed E-state index contributed by atoms with van der Waals surface area (Å²) in [7, 11) is 1.50. The number of rotatable bonds is 18. The molecule has 0 saturated carbocycles. The van der Waals surface area contributed by atoms with Crippen LogP contribution in [-0.2, 0) is 9.59 Å². The summed E-state index contributed by atoms with van der Waals surface area (Å²) in [5.74, 6) is -2.35. The Labute approximate surface area is 417 Å². The van der Waals surface area contributed by atoms with Crippen LogP contribution in [0.15, 0.2) is 42.9 Å². The molecule has 5 N–H and O–H groups in total. The summed E-state index contributed by atoms with van der Waals surface area (Å²) in [5, 5.41) is 24.6. The molecule has 6 heterocycles. The summed E-state index contributed by atoms with van der Waals surface area (Å²) in [6.07, 6.45) is -0.130. The van der Waals surface area contributed by atoms with E-state index in [-0.39, 0.29) is 59.7 Å². The van der Waals surface area contributed by atoms with Crippen molar-refractivity contribution in [2.45, 2.75) is 74.0 Å². The van der Waals surface area contributed by atoms with Gasteiger partial charge in [-0.2, -0.15) is 0 Å². The van der Waals surface area contributed by atoms with Gasteiger partial charge in [-0.15, -0.1) is 34.0 Å². The Morgan fingerprint density at radius 2 is 1.32 bits per heavy atom. The van der Waals surface area contributed by atoms with Crippen LogP contribution in [-0.4, -0.2) is 91.4 Å². The molecule has 0 bridgehead atoms. The van der Waals surface area contributed by atoms with Gasteiger partial charge in [0.15, 0.2) is 0 Å². The van der Waals surface area contributed by atoms with E-state index in [9.17, 15) is 24.0 Å². The molecule has 0 radical (unpaired) electrons. The van der Waals surface area contributed by atoms with Crippen molar-refractivity contribution in [2.24, 2.45) is 11.8 Å². The maximum absolute atomic E-state index is 13.9. The van der Waals surface area contributed by atoms with Gasteiger partial charge < -0.3 is 16.0 Å². The molecule has 0 fully saturated rings. The molecule has 6 aromatic heterocycles. The van der Waals surface area contributed by atoms with Crippen molar-refractivity contribution < 1.29 is 24.0 Å². The largest absolute Gasteiger partial charge is 0.124 e. The summed E-state index contributed by atoms with van der Waals surface area (Å²) in [5.41, 5.74) is 1.90. The van der Waals surface area contributed by atoms with E-state index < -0.39 is 48.2 Å². The van der Waals surface area contributed by atoms with Crippen LogP contribution in [0.1, 0.15) is 104 Å². The first-order valence-electron chi connectivity index (χ1n) is 20.2. The number of amides is 5. The van der Waals surface area contributed by atoms with E-state index in [0.29, 0.717) is 34.7 Å². The van der Waals surface area contributed by atoms with Crippen molar-refractivity contribution >= 4 is 140 Å². The molecule has 6 aromatic rings. The SMILES string of the molecule is CNC(=O)C[C@H](NC(=O)c1csc(-c2ccc(Br)nc2Br)n1)c1nc(C(=O)N[C@H](c2nc(C(=O)NCC(=O)N[C@H](c3nc(-c4n[c]([Sn]([CH3])([CH3])[CH3])cs4)cs3)C(C)C)cs2)C(C)C)c(C)s1. The molecule has 0 aliphatic heterocycles. The van der Waals surface area contributed by atoms with Gasteiger partial charge in [-0.3, -0.25) is 19.2 Å². The number of thiazole rings is 5. The number of hydrogen-bond donors (Lipinski definition) is 5. The van der Waals surface area contributed by atoms with Gasteiger partial charge in [0.25, 0.3) is 11.8 Å². The first-order chi connectivity index (χ1) is 30.7. The van der Waals surface area contributed by atoms with Crippen LogP contribution in [0.2, 0.25) is 14.8 Å². The molecule has 3 atom stereocenters. The van der Waals surface area contributed by atoms with Crippen LogP contribution in [0, 0.1) is 18.8 Å². The fourth-order valence-electron chi connectivity index (χ4n) is 6.08. The molecule has 0 spiro atoms. The van der Waals surface area contributed by atoms with Crippen molar-refractivity contribution in [3.8, 4) is 21.3 Å². The molecule has 0 saturated heterocycles. The zero-order chi connectivity index (χ0) is 47.3. The third-order valence-electron chi connectivity index (χ3n) is 9.73. The molecule has 5 amide bonds. The van der Waals surface area contributed by atoms with Crippen LogP contribution in [0.5, 0.6) is 0 Å². The minimum Gasteiger partial charge on any atom is -0.124 e. The maximum atomic E-state index is 13.9. The van der Waals surface area contributed by atoms with Gasteiger partial charge in [-0.25, -0.2) is 19.9 Å². The van der Waals surface area contributed by atoms with Crippen molar-refractivity contribution in [3.05, 3.63) is 79.8 Å². The molecule has 344 valence electrons. The molecule has 16 nitrogen and oxygen atoms in total. The molecular formula is C41H47Br2N11O5S5Sn. The summed E-state index contributed by atoms with van der Waals surface area (Å²) < 4.78 is 2.41. The second-order valence-corrected chi connectivity index (χ2v) is 37.1. The summed E-state index contributed by atoms with van der Waals surface area (Å²) in [4.78, 5) is 102. The average Bonchev–Trinajstić information content (AvgIpc) is 4.10. The topological polar surface area (TPSA) is 223 Å². The first kappa shape index (κ1) is 50.8. The zero-order valence-electron chi connectivity index (χ0n) is 36.8. The Morgan fingerprint density at radius 1 is 0.677 bits per heavy atom. The Bertz CT molecular complexity index is 2710. The fourth-order valence-corrected chi connectivity index (χ4v) is 17.2. The Balaban J connectivity index is 1.08. The molecular weight excluding hydrogens is 1170 g/mol. The standard InChI is InChI=1S/C38H38Br2N11O5S5.3CH3.Sn/c1-16(2)27(37-47-23(15-60-37)35-42-9-10-57-35)49-26(53)12-43-31(54)21-13-59-38(46-21)28(17(3)4)50-33(56)29-18(5)61-36(51-29)20(11-25(52)41-6)44-32(55)22-14-58-34(45-22)19-7-8-24(39)48-30(19)40;;;;/h7-8,10,13-17,20,27-28H,11-12H2,1-6H3,(H,41,52)(H,43,54)(H,44,55)(H,49,53)(H,50,56);3*1H3;/t20-,27-,28-;;;;/m0..../s1. The number of aromatic nitrogens is 6. The minimum atomic E-state index is -2.32. The number of nitrogens with one attached hydrogen (secondary N) is 5. The quantitative estimate of drug-likeness (QED) is 0.0409. The molecule has 65 heavy (non-hydrogen) atoms. The molecule has 24 heteroatoms. The monoisotopic (exact) mass is 1210 g/mol. The number of hydrogen-bond acceptors (Lipinski definition) is 16. The zero-order valence-corrected chi connectivity index (χ0v) is 46.9. The second-order valence-electron chi connectivity index (χ2n) is 16.5. The summed E-state index contributed by atoms with van der Waals surface area (Å²) in [6, 6.07) is 1.78. The van der Waals surface area contributed by atoms with Gasteiger partial charge in [-0.1, -0.05) is 13.8 Å². The predicted molar refractivity (Wildman–Crippen MR) is 268 cm³/mol. The van der Waals surface area contributed by atoms with Crippen LogP contribution >= 0.6 is 88.5 Å². The first-order valence-corrected chi connectivity index (χ1v) is 36.2. The summed E-state index contributed by atoms with van der Waals surface area (Å²) >= 11 is 11.2. The number of nitrogens with zero attached hydrogens (tertiary/aromatic N) is 6. The van der Waals surface area contributed by atoms with Gasteiger partial charge in [-0.05, 0) is 56.8 Å². The third kappa shape index (κ3) is 12.9. The number of pyridine rings is 1. The van der Waals surface area contributed by atoms with Crippen molar-refractivity contribution in [1.82, 2.24) is 56.5 Å². The van der Waals surface area contributed by atoms with Gasteiger partial charge in [0.2, 0.25) is 5.91 Å². The van der Waals surface area contributed by atoms with Crippen molar-refractivity contribution in [2.75, 3.05) is 13.6 Å². The molecule has 6 rings (SSSR count). The van der Waals surface area contributed by atoms with Gasteiger partial charge in [0, 0.05) is 28.2 Å². The van der Waals surface area contributed by atoms with E-state index in [4.69, 9.17) is 9.97 Å². The normalized spacial score (nSPS) is 13.1. The Morgan fingerprint density at radius 3 is 1.98 bits per heavy atom. The van der Waals surface area contributed by atoms with Gasteiger partial charge in [0.1, 0.15) is 41.3 Å². The number of carbonyl (C=O) groups excluding carboxylic acids is 5. The van der Waals surface area contributed by atoms with Crippen LogP contribution < -0.4 is 30.3 Å². The Kier molecular flexibility index (Phi) is 17.2. The smallest absolute Gasteiger partial charge is 0.0347 e. The van der Waals surface area contributed by atoms with Crippen molar-refractivity contribution in [1.29, 1.82) is 0 Å².